The number of nitrogens with one attached hydrogen (secondary N) is 1. The van der Waals surface area contributed by atoms with Crippen LogP contribution < -0.4 is 10.1 Å². The molecular weight excluding hydrogens is 333 g/mol. The second kappa shape index (κ2) is 7.60. The smallest absolute Gasteiger partial charge is 0.272 e. The number of amidine groups is 1. The summed E-state index contributed by atoms with van der Waals surface area (Å²) in [5, 5.41) is 7.19. The number of hydrogen-bond acceptors (Lipinski definition) is 4. The molecule has 25 heavy (non-hydrogen) atoms. The lowest BCUT2D eigenvalue weighted by Crippen LogP contribution is -2.42. The van der Waals surface area contributed by atoms with Gasteiger partial charge in [-0.05, 0) is 42.3 Å². The van der Waals surface area contributed by atoms with E-state index in [0.717, 1.165) is 11.7 Å². The molecule has 1 N–H and O–H groups in total. The Kier molecular flexibility index (Phi) is 5.28. The maximum Gasteiger partial charge on any atom is 0.272 e. The second-order valence-electron chi connectivity index (χ2n) is 5.60. The van der Waals surface area contributed by atoms with Crippen molar-refractivity contribution in [3.63, 3.8) is 0 Å². The number of nitrogens with zero attached hydrogens (tertiary/aromatic N) is 3. The van der Waals surface area contributed by atoms with Crippen LogP contribution in [0.1, 0.15) is 5.56 Å². The third-order valence-electron chi connectivity index (χ3n) is 3.94. The summed E-state index contributed by atoms with van der Waals surface area (Å²) in [6.07, 6.45) is 3.68. The summed E-state index contributed by atoms with van der Waals surface area (Å²) in [6.45, 7) is 0.567. The van der Waals surface area contributed by atoms with Crippen LogP contribution in [0.25, 0.3) is 0 Å². The van der Waals surface area contributed by atoms with Crippen molar-refractivity contribution in [2.24, 2.45) is 4.99 Å². The van der Waals surface area contributed by atoms with Crippen LogP contribution in [0.5, 0.6) is 5.75 Å². The third kappa shape index (κ3) is 4.14. The van der Waals surface area contributed by atoms with Gasteiger partial charge in [-0.3, -0.25) is 10.0 Å². The van der Waals surface area contributed by atoms with E-state index < -0.39 is 18.8 Å². The van der Waals surface area contributed by atoms with Crippen LogP contribution in [0.4, 0.5) is 13.2 Å². The standard InChI is InChI=1S/C17H19F3N4O/c1-21-16-5-9-24-17(22-16)6-8-23(24)7-4-12-10-13(18)2-3-14(12)25-11-15(19)20/h2-3,5-6,9-10,15H,4,7-8,11H2,1H3,(H,21,22). The van der Waals surface area contributed by atoms with Gasteiger partial charge in [-0.2, -0.15) is 0 Å². The van der Waals surface area contributed by atoms with Gasteiger partial charge in [0, 0.05) is 26.3 Å². The molecule has 0 aromatic heterocycles. The van der Waals surface area contributed by atoms with Gasteiger partial charge in [-0.25, -0.2) is 18.2 Å². The molecule has 0 atom stereocenters. The SMILES string of the molecule is CN=C1C=CN2C(=CCN2CCc2cc(F)ccc2OCC(F)F)N1. The Morgan fingerprint density at radius 1 is 1.36 bits per heavy atom. The molecule has 0 spiro atoms. The highest BCUT2D eigenvalue weighted by Gasteiger charge is 2.25. The molecule has 0 amide bonds. The number of aliphatic imine (C=N–C) groups is 1. The maximum atomic E-state index is 13.5. The minimum absolute atomic E-state index is 0.293. The van der Waals surface area contributed by atoms with Crippen LogP contribution in [0.3, 0.4) is 0 Å². The Morgan fingerprint density at radius 2 is 2.20 bits per heavy atom. The molecular formula is C17H19F3N4O. The summed E-state index contributed by atoms with van der Waals surface area (Å²) >= 11 is 0. The van der Waals surface area contributed by atoms with E-state index in [9.17, 15) is 13.2 Å². The van der Waals surface area contributed by atoms with Gasteiger partial charge < -0.3 is 10.1 Å². The topological polar surface area (TPSA) is 40.1 Å². The first-order valence-corrected chi connectivity index (χ1v) is 7.92. The van der Waals surface area contributed by atoms with E-state index in [-0.39, 0.29) is 0 Å². The Morgan fingerprint density at radius 3 is 2.96 bits per heavy atom. The van der Waals surface area contributed by atoms with Gasteiger partial charge in [-0.15, -0.1) is 0 Å². The first-order chi connectivity index (χ1) is 12.1. The monoisotopic (exact) mass is 352 g/mol. The minimum atomic E-state index is -2.57. The Bertz CT molecular complexity index is 718. The third-order valence-corrected chi connectivity index (χ3v) is 3.94. The van der Waals surface area contributed by atoms with Crippen molar-refractivity contribution in [2.45, 2.75) is 12.8 Å². The van der Waals surface area contributed by atoms with Gasteiger partial charge in [-0.1, -0.05) is 0 Å². The molecule has 2 heterocycles. The molecule has 8 heteroatoms. The predicted octanol–water partition coefficient (Wildman–Crippen LogP) is 2.53. The second-order valence-corrected chi connectivity index (χ2v) is 5.60. The number of benzene rings is 1. The van der Waals surface area contributed by atoms with Crippen molar-refractivity contribution in [1.29, 1.82) is 0 Å². The summed E-state index contributed by atoms with van der Waals surface area (Å²) < 4.78 is 43.4. The average Bonchev–Trinajstić information content (AvgIpc) is 3.01. The summed E-state index contributed by atoms with van der Waals surface area (Å²) in [4.78, 5) is 4.10. The van der Waals surface area contributed by atoms with Crippen molar-refractivity contribution in [3.05, 3.63) is 53.8 Å². The lowest BCUT2D eigenvalue weighted by molar-refractivity contribution is 0.0787. The van der Waals surface area contributed by atoms with E-state index in [1.807, 2.05) is 28.4 Å². The highest BCUT2D eigenvalue weighted by molar-refractivity contribution is 5.94. The van der Waals surface area contributed by atoms with Crippen molar-refractivity contribution in [1.82, 2.24) is 15.3 Å². The molecule has 1 aromatic carbocycles. The first-order valence-electron chi connectivity index (χ1n) is 7.92. The van der Waals surface area contributed by atoms with E-state index in [4.69, 9.17) is 4.74 Å². The molecule has 0 bridgehead atoms. The molecule has 3 rings (SSSR count). The molecule has 0 saturated carbocycles. The van der Waals surface area contributed by atoms with Crippen molar-refractivity contribution in [2.75, 3.05) is 26.7 Å². The minimum Gasteiger partial charge on any atom is -0.487 e. The van der Waals surface area contributed by atoms with Gasteiger partial charge in [0.15, 0.2) is 0 Å². The van der Waals surface area contributed by atoms with Crippen LogP contribution in [0, 0.1) is 5.82 Å². The first kappa shape index (κ1) is 17.3. The molecule has 0 aliphatic carbocycles. The van der Waals surface area contributed by atoms with Gasteiger partial charge >= 0.3 is 0 Å². The van der Waals surface area contributed by atoms with E-state index in [2.05, 4.69) is 10.3 Å². The Hall–Kier alpha value is -2.48. The quantitative estimate of drug-likeness (QED) is 0.854. The molecule has 2 aliphatic heterocycles. The molecule has 134 valence electrons. The van der Waals surface area contributed by atoms with Gasteiger partial charge in [0.2, 0.25) is 0 Å². The van der Waals surface area contributed by atoms with E-state index in [1.165, 1.54) is 18.2 Å². The summed E-state index contributed by atoms with van der Waals surface area (Å²) in [5.41, 5.74) is 0.568. The van der Waals surface area contributed by atoms with E-state index in [0.29, 0.717) is 30.8 Å². The van der Waals surface area contributed by atoms with Crippen LogP contribution in [0.15, 0.2) is 47.4 Å². The normalized spacial score (nSPS) is 18.5. The summed E-state index contributed by atoms with van der Waals surface area (Å²) in [7, 11) is 1.71. The van der Waals surface area contributed by atoms with Crippen LogP contribution >= 0.6 is 0 Å². The number of hydrogen-bond donors (Lipinski definition) is 1. The number of ether oxygens (including phenoxy) is 1. The fourth-order valence-electron chi connectivity index (χ4n) is 2.74. The van der Waals surface area contributed by atoms with Crippen molar-refractivity contribution >= 4 is 5.84 Å². The predicted molar refractivity (Wildman–Crippen MR) is 88.7 cm³/mol. The number of hydrazine groups is 1. The molecule has 0 unspecified atom stereocenters. The summed E-state index contributed by atoms with van der Waals surface area (Å²) in [5.74, 6) is 1.57. The fourth-order valence-corrected chi connectivity index (χ4v) is 2.74. The van der Waals surface area contributed by atoms with E-state index >= 15 is 0 Å². The lowest BCUT2D eigenvalue weighted by atomic mass is 10.1. The zero-order valence-corrected chi connectivity index (χ0v) is 13.8. The van der Waals surface area contributed by atoms with Gasteiger partial charge in [0.1, 0.15) is 29.8 Å². The molecule has 0 fully saturated rings. The lowest BCUT2D eigenvalue weighted by Gasteiger charge is -2.32. The van der Waals surface area contributed by atoms with Gasteiger partial charge in [0.05, 0.1) is 0 Å². The van der Waals surface area contributed by atoms with E-state index in [1.54, 1.807) is 7.05 Å². The molecule has 2 aliphatic rings. The zero-order valence-electron chi connectivity index (χ0n) is 13.8. The van der Waals surface area contributed by atoms with Gasteiger partial charge in [0.25, 0.3) is 6.43 Å². The Balaban J connectivity index is 1.65. The fraction of sp³-hybridized carbons (Fsp3) is 0.353. The van der Waals surface area contributed by atoms with Crippen LogP contribution in [-0.2, 0) is 6.42 Å². The molecule has 5 nitrogen and oxygen atoms in total. The largest absolute Gasteiger partial charge is 0.487 e. The zero-order chi connectivity index (χ0) is 17.8. The number of fused-ring (bicyclic) bond motifs is 1. The van der Waals surface area contributed by atoms with Crippen molar-refractivity contribution in [3.8, 4) is 5.75 Å². The average molecular weight is 352 g/mol. The highest BCUT2D eigenvalue weighted by atomic mass is 19.3. The molecule has 0 radical (unpaired) electrons. The maximum absolute atomic E-state index is 13.5. The number of halogens is 3. The van der Waals surface area contributed by atoms with Crippen LogP contribution in [0.2, 0.25) is 0 Å². The number of alkyl halides is 2. The Labute approximate surface area is 144 Å². The molecule has 1 aromatic rings. The highest BCUT2D eigenvalue weighted by Crippen LogP contribution is 2.23. The van der Waals surface area contributed by atoms with Crippen molar-refractivity contribution < 1.29 is 17.9 Å². The van der Waals surface area contributed by atoms with Crippen LogP contribution in [-0.4, -0.2) is 49.0 Å². The summed E-state index contributed by atoms with van der Waals surface area (Å²) in [6, 6.07) is 3.94. The number of rotatable bonds is 6. The molecule has 0 saturated heterocycles.